The maximum absolute atomic E-state index is 12.8. The minimum atomic E-state index is -1.10. The van der Waals surface area contributed by atoms with Gasteiger partial charge in [0.1, 0.15) is 11.2 Å². The maximum Gasteiger partial charge on any atom is 0.182 e. The van der Waals surface area contributed by atoms with Crippen molar-refractivity contribution in [3.8, 4) is 6.07 Å². The topological polar surface area (TPSA) is 40.9 Å². The number of rotatable bonds is 2. The van der Waals surface area contributed by atoms with Crippen molar-refractivity contribution in [1.82, 2.24) is 0 Å². The highest BCUT2D eigenvalue weighted by Crippen LogP contribution is 2.20. The zero-order valence-electron chi connectivity index (χ0n) is 8.04. The first-order valence-electron chi connectivity index (χ1n) is 4.19. The number of carbonyl (C=O) groups excluding carboxylic acids is 1. The first-order valence-corrected chi connectivity index (χ1v) is 4.19. The summed E-state index contributed by atoms with van der Waals surface area (Å²) in [5, 5.41) is 8.73. The molecule has 1 aromatic carbocycles. The Morgan fingerprint density at radius 1 is 1.50 bits per heavy atom. The van der Waals surface area contributed by atoms with Gasteiger partial charge in [0.15, 0.2) is 5.78 Å². The maximum atomic E-state index is 12.8. The highest BCUT2D eigenvalue weighted by atomic mass is 19.1. The van der Waals surface area contributed by atoms with Crippen LogP contribution in [-0.4, -0.2) is 5.78 Å². The van der Waals surface area contributed by atoms with Crippen molar-refractivity contribution >= 4 is 5.78 Å². The van der Waals surface area contributed by atoms with E-state index in [0.29, 0.717) is 0 Å². The van der Waals surface area contributed by atoms with Gasteiger partial charge in [-0.15, -0.1) is 0 Å². The lowest BCUT2D eigenvalue weighted by atomic mass is 9.86. The number of carbonyl (C=O) groups is 1. The summed E-state index contributed by atoms with van der Waals surface area (Å²) in [6.07, 6.45) is 0. The van der Waals surface area contributed by atoms with Crippen LogP contribution in [0.4, 0.5) is 4.39 Å². The summed E-state index contributed by atoms with van der Waals surface area (Å²) < 4.78 is 12.8. The Kier molecular flexibility index (Phi) is 2.66. The zero-order valence-corrected chi connectivity index (χ0v) is 8.04. The lowest BCUT2D eigenvalue weighted by molar-refractivity contribution is 0.0891. The second-order valence-corrected chi connectivity index (χ2v) is 3.58. The van der Waals surface area contributed by atoms with Crippen molar-refractivity contribution < 1.29 is 9.18 Å². The average molecular weight is 191 g/mol. The van der Waals surface area contributed by atoms with Gasteiger partial charge in [-0.05, 0) is 26.0 Å². The number of Topliss-reactive ketones (excluding diaryl/α,β-unsaturated/α-hetero) is 1. The van der Waals surface area contributed by atoms with Gasteiger partial charge in [0.25, 0.3) is 0 Å². The van der Waals surface area contributed by atoms with Crippen molar-refractivity contribution in [2.24, 2.45) is 5.41 Å². The molecule has 1 aromatic rings. The van der Waals surface area contributed by atoms with Crippen molar-refractivity contribution in [3.05, 3.63) is 35.6 Å². The number of benzene rings is 1. The molecule has 0 radical (unpaired) electrons. The largest absolute Gasteiger partial charge is 0.292 e. The number of ketones is 1. The number of nitrogens with zero attached hydrogens (tertiary/aromatic N) is 1. The molecule has 0 spiro atoms. The third-order valence-corrected chi connectivity index (χ3v) is 1.93. The van der Waals surface area contributed by atoms with Crippen molar-refractivity contribution in [1.29, 1.82) is 5.26 Å². The van der Waals surface area contributed by atoms with Crippen LogP contribution in [0.1, 0.15) is 24.2 Å². The Hall–Kier alpha value is -1.69. The fourth-order valence-corrected chi connectivity index (χ4v) is 1.04. The smallest absolute Gasteiger partial charge is 0.182 e. The van der Waals surface area contributed by atoms with Crippen LogP contribution in [0.15, 0.2) is 24.3 Å². The lowest BCUT2D eigenvalue weighted by Gasteiger charge is -2.13. The minimum absolute atomic E-state index is 0.233. The highest BCUT2D eigenvalue weighted by Gasteiger charge is 2.28. The fourth-order valence-electron chi connectivity index (χ4n) is 1.04. The van der Waals surface area contributed by atoms with Gasteiger partial charge in [0, 0.05) is 5.56 Å². The Labute approximate surface area is 82.0 Å². The van der Waals surface area contributed by atoms with Gasteiger partial charge in [-0.1, -0.05) is 12.1 Å². The van der Waals surface area contributed by atoms with E-state index in [4.69, 9.17) is 5.26 Å². The molecule has 0 saturated carbocycles. The normalized spacial score (nSPS) is 10.7. The van der Waals surface area contributed by atoms with Crippen LogP contribution >= 0.6 is 0 Å². The van der Waals surface area contributed by atoms with Crippen LogP contribution < -0.4 is 0 Å². The zero-order chi connectivity index (χ0) is 10.8. The van der Waals surface area contributed by atoms with E-state index in [1.54, 1.807) is 0 Å². The molecule has 0 aliphatic carbocycles. The van der Waals surface area contributed by atoms with Crippen LogP contribution in [-0.2, 0) is 0 Å². The van der Waals surface area contributed by atoms with Crippen LogP contribution in [0.3, 0.4) is 0 Å². The molecule has 1 rings (SSSR count). The number of hydrogen-bond acceptors (Lipinski definition) is 2. The summed E-state index contributed by atoms with van der Waals surface area (Å²) in [5.74, 6) is -0.830. The molecule has 14 heavy (non-hydrogen) atoms. The van der Waals surface area contributed by atoms with Crippen molar-refractivity contribution in [2.45, 2.75) is 13.8 Å². The van der Waals surface area contributed by atoms with Gasteiger partial charge >= 0.3 is 0 Å². The molecule has 0 N–H and O–H groups in total. The molecule has 0 fully saturated rings. The molecular formula is C11H10FNO. The molecule has 3 heteroatoms. The van der Waals surface area contributed by atoms with Gasteiger partial charge in [0.05, 0.1) is 6.07 Å². The van der Waals surface area contributed by atoms with E-state index in [1.165, 1.54) is 32.0 Å². The molecule has 0 aromatic heterocycles. The molecule has 0 saturated heterocycles. The van der Waals surface area contributed by atoms with E-state index in [9.17, 15) is 9.18 Å². The molecule has 72 valence electrons. The lowest BCUT2D eigenvalue weighted by Crippen LogP contribution is -2.22. The van der Waals surface area contributed by atoms with Crippen LogP contribution in [0, 0.1) is 22.6 Å². The van der Waals surface area contributed by atoms with E-state index in [-0.39, 0.29) is 11.3 Å². The quantitative estimate of drug-likeness (QED) is 0.674. The second kappa shape index (κ2) is 3.59. The summed E-state index contributed by atoms with van der Waals surface area (Å²) in [6, 6.07) is 7.25. The van der Waals surface area contributed by atoms with E-state index >= 15 is 0 Å². The Morgan fingerprint density at radius 3 is 2.64 bits per heavy atom. The van der Waals surface area contributed by atoms with Crippen molar-refractivity contribution in [2.75, 3.05) is 0 Å². The summed E-state index contributed by atoms with van der Waals surface area (Å²) >= 11 is 0. The van der Waals surface area contributed by atoms with Gasteiger partial charge < -0.3 is 0 Å². The Morgan fingerprint density at radius 2 is 2.14 bits per heavy atom. The van der Waals surface area contributed by atoms with E-state index in [2.05, 4.69) is 0 Å². The van der Waals surface area contributed by atoms with Gasteiger partial charge in [-0.25, -0.2) is 4.39 Å². The Balaban J connectivity index is 3.09. The van der Waals surface area contributed by atoms with Gasteiger partial charge in [-0.2, -0.15) is 5.26 Å². The number of nitriles is 1. The van der Waals surface area contributed by atoms with Crippen LogP contribution in [0.5, 0.6) is 0 Å². The van der Waals surface area contributed by atoms with Gasteiger partial charge in [-0.3, -0.25) is 4.79 Å². The minimum Gasteiger partial charge on any atom is -0.292 e. The highest BCUT2D eigenvalue weighted by molar-refractivity contribution is 6.01. The molecule has 0 bridgehead atoms. The third-order valence-electron chi connectivity index (χ3n) is 1.93. The summed E-state index contributed by atoms with van der Waals surface area (Å²) in [4.78, 5) is 11.7. The second-order valence-electron chi connectivity index (χ2n) is 3.58. The van der Waals surface area contributed by atoms with E-state index in [0.717, 1.165) is 6.07 Å². The molecule has 0 atom stereocenters. The first kappa shape index (κ1) is 10.4. The average Bonchev–Trinajstić information content (AvgIpc) is 2.16. The first-order chi connectivity index (χ1) is 6.47. The van der Waals surface area contributed by atoms with Crippen molar-refractivity contribution in [3.63, 3.8) is 0 Å². The predicted octanol–water partition coefficient (Wildman–Crippen LogP) is 2.56. The molecule has 0 aliphatic rings. The standard InChI is InChI=1S/C11H10FNO/c1-11(2,7-13)10(14)8-4-3-5-9(12)6-8/h3-6H,1-2H3. The van der Waals surface area contributed by atoms with E-state index < -0.39 is 11.2 Å². The molecule has 0 amide bonds. The molecule has 2 nitrogen and oxygen atoms in total. The number of hydrogen-bond donors (Lipinski definition) is 0. The van der Waals surface area contributed by atoms with Crippen LogP contribution in [0.2, 0.25) is 0 Å². The van der Waals surface area contributed by atoms with E-state index in [1.807, 2.05) is 6.07 Å². The van der Waals surface area contributed by atoms with Crippen LogP contribution in [0.25, 0.3) is 0 Å². The summed E-state index contributed by atoms with van der Waals surface area (Å²) in [7, 11) is 0. The van der Waals surface area contributed by atoms with Gasteiger partial charge in [0.2, 0.25) is 0 Å². The summed E-state index contributed by atoms with van der Waals surface area (Å²) in [5.41, 5.74) is -0.870. The summed E-state index contributed by atoms with van der Waals surface area (Å²) in [6.45, 7) is 3.03. The molecule has 0 aliphatic heterocycles. The molecule has 0 unspecified atom stereocenters. The SMILES string of the molecule is CC(C)(C#N)C(=O)c1cccc(F)c1. The monoisotopic (exact) mass is 191 g/mol. The number of halogens is 1. The predicted molar refractivity (Wildman–Crippen MR) is 50.1 cm³/mol. The fraction of sp³-hybridized carbons (Fsp3) is 0.273. The third kappa shape index (κ3) is 1.97. The Bertz CT molecular complexity index is 404. The molecule has 0 heterocycles. The molecular weight excluding hydrogens is 181 g/mol.